The van der Waals surface area contributed by atoms with Gasteiger partial charge >= 0.3 is 12.0 Å². The molecule has 0 spiro atoms. The van der Waals surface area contributed by atoms with E-state index in [0.717, 1.165) is 0 Å². The highest BCUT2D eigenvalue weighted by Gasteiger charge is 2.65. The van der Waals surface area contributed by atoms with Gasteiger partial charge in [-0.15, -0.1) is 0 Å². The van der Waals surface area contributed by atoms with Crippen molar-refractivity contribution in [2.24, 2.45) is 16.6 Å². The molecule has 0 bridgehead atoms. The Kier molecular flexibility index (Phi) is 3.79. The smallest absolute Gasteiger partial charge is 0.326 e. The molecule has 1 aliphatic rings. The first-order valence-electron chi connectivity index (χ1n) is 6.08. The Morgan fingerprint density at radius 3 is 2.00 bits per heavy atom. The van der Waals surface area contributed by atoms with E-state index in [4.69, 9.17) is 10.8 Å². The van der Waals surface area contributed by atoms with Crippen LogP contribution in [0.25, 0.3) is 0 Å². The molecule has 1 unspecified atom stereocenters. The third-order valence-electron chi connectivity index (χ3n) is 4.30. The van der Waals surface area contributed by atoms with E-state index in [1.165, 1.54) is 0 Å². The lowest BCUT2D eigenvalue weighted by Crippen LogP contribution is -2.49. The van der Waals surface area contributed by atoms with E-state index in [2.05, 4.69) is 10.6 Å². The zero-order chi connectivity index (χ0) is 15.0. The summed E-state index contributed by atoms with van der Waals surface area (Å²) in [7, 11) is 0. The molecule has 7 nitrogen and oxygen atoms in total. The van der Waals surface area contributed by atoms with Gasteiger partial charge in [-0.3, -0.25) is 4.79 Å². The number of carboxylic acid groups (broad SMARTS) is 1. The zero-order valence-electron chi connectivity index (χ0n) is 11.6. The van der Waals surface area contributed by atoms with Crippen LogP contribution in [0.15, 0.2) is 0 Å². The highest BCUT2D eigenvalue weighted by Crippen LogP contribution is 2.62. The molecule has 1 atom stereocenters. The Labute approximate surface area is 111 Å². The first-order valence-corrected chi connectivity index (χ1v) is 6.08. The number of hydrogen-bond donors (Lipinski definition) is 4. The Morgan fingerprint density at radius 1 is 1.21 bits per heavy atom. The van der Waals surface area contributed by atoms with Crippen LogP contribution in [0.5, 0.6) is 0 Å². The number of aliphatic carboxylic acids is 1. The third kappa shape index (κ3) is 2.97. The van der Waals surface area contributed by atoms with Gasteiger partial charge in [-0.2, -0.15) is 0 Å². The minimum Gasteiger partial charge on any atom is -0.480 e. The van der Waals surface area contributed by atoms with E-state index in [0.29, 0.717) is 0 Å². The fraction of sp³-hybridized carbons (Fsp3) is 0.750. The van der Waals surface area contributed by atoms with Crippen LogP contribution < -0.4 is 16.4 Å². The SMILES string of the molecule is CC1(C)C(NC(=O)NC(CC(N)=O)C(=O)O)C1(C)C. The predicted molar refractivity (Wildman–Crippen MR) is 68.3 cm³/mol. The number of nitrogens with two attached hydrogens (primary N) is 1. The quantitative estimate of drug-likeness (QED) is 0.564. The summed E-state index contributed by atoms with van der Waals surface area (Å²) in [5, 5.41) is 13.8. The van der Waals surface area contributed by atoms with E-state index >= 15 is 0 Å². The van der Waals surface area contributed by atoms with Gasteiger partial charge in [0.1, 0.15) is 6.04 Å². The van der Waals surface area contributed by atoms with Gasteiger partial charge in [-0.05, 0) is 10.8 Å². The van der Waals surface area contributed by atoms with Crippen molar-refractivity contribution in [3.8, 4) is 0 Å². The summed E-state index contributed by atoms with van der Waals surface area (Å²) in [6, 6.07) is -1.94. The van der Waals surface area contributed by atoms with Gasteiger partial charge in [0.2, 0.25) is 5.91 Å². The maximum absolute atomic E-state index is 11.7. The lowest BCUT2D eigenvalue weighted by molar-refractivity contribution is -0.140. The summed E-state index contributed by atoms with van der Waals surface area (Å²) in [6.45, 7) is 8.10. The molecule has 0 aromatic rings. The van der Waals surface area contributed by atoms with Crippen molar-refractivity contribution in [3.05, 3.63) is 0 Å². The van der Waals surface area contributed by atoms with Crippen LogP contribution in [0.2, 0.25) is 0 Å². The molecule has 7 heteroatoms. The summed E-state index contributed by atoms with van der Waals surface area (Å²) in [4.78, 5) is 33.3. The second-order valence-electron chi connectivity index (χ2n) is 6.06. The fourth-order valence-corrected chi connectivity index (χ4v) is 2.29. The Hall–Kier alpha value is -1.79. The second-order valence-corrected chi connectivity index (χ2v) is 6.06. The lowest BCUT2D eigenvalue weighted by atomic mass is 10.0. The van der Waals surface area contributed by atoms with Crippen LogP contribution in [-0.2, 0) is 9.59 Å². The topological polar surface area (TPSA) is 122 Å². The lowest BCUT2D eigenvalue weighted by Gasteiger charge is -2.14. The monoisotopic (exact) mass is 271 g/mol. The van der Waals surface area contributed by atoms with Crippen molar-refractivity contribution in [1.29, 1.82) is 0 Å². The standard InChI is InChI=1S/C12H21N3O4/c1-11(2)9(12(11,3)4)15-10(19)14-6(8(17)18)5-7(13)16/h6,9H,5H2,1-4H3,(H2,13,16)(H,17,18)(H2,14,15,19). The van der Waals surface area contributed by atoms with Crippen molar-refractivity contribution in [2.45, 2.75) is 46.2 Å². The molecule has 1 aliphatic carbocycles. The minimum atomic E-state index is -1.30. The number of amides is 3. The fourth-order valence-electron chi connectivity index (χ4n) is 2.29. The van der Waals surface area contributed by atoms with Gasteiger partial charge in [0.15, 0.2) is 0 Å². The normalized spacial score (nSPS) is 21.3. The van der Waals surface area contributed by atoms with E-state index in [1.807, 2.05) is 27.7 Å². The highest BCUT2D eigenvalue weighted by molar-refractivity contribution is 5.87. The minimum absolute atomic E-state index is 0.0389. The van der Waals surface area contributed by atoms with Crippen molar-refractivity contribution >= 4 is 17.9 Å². The molecule has 3 amide bonds. The van der Waals surface area contributed by atoms with E-state index in [1.54, 1.807) is 0 Å². The molecule has 0 aliphatic heterocycles. The first-order chi connectivity index (χ1) is 8.50. The molecule has 1 saturated carbocycles. The molecule has 19 heavy (non-hydrogen) atoms. The summed E-state index contributed by atoms with van der Waals surface area (Å²) in [6.07, 6.45) is -0.430. The predicted octanol–water partition coefficient (Wildman–Crippen LogP) is 0.0488. The van der Waals surface area contributed by atoms with Crippen molar-refractivity contribution in [1.82, 2.24) is 10.6 Å². The molecule has 0 aromatic heterocycles. The third-order valence-corrected chi connectivity index (χ3v) is 4.30. The van der Waals surface area contributed by atoms with Gasteiger partial charge in [-0.25, -0.2) is 9.59 Å². The number of rotatable bonds is 5. The number of primary amides is 1. The molecule has 5 N–H and O–H groups in total. The summed E-state index contributed by atoms with van der Waals surface area (Å²) in [5.41, 5.74) is 4.83. The van der Waals surface area contributed by atoms with Crippen LogP contribution >= 0.6 is 0 Å². The molecule has 108 valence electrons. The number of carbonyl (C=O) groups is 3. The van der Waals surface area contributed by atoms with Gasteiger partial charge < -0.3 is 21.5 Å². The molecular formula is C12H21N3O4. The maximum Gasteiger partial charge on any atom is 0.326 e. The van der Waals surface area contributed by atoms with Crippen molar-refractivity contribution in [3.63, 3.8) is 0 Å². The van der Waals surface area contributed by atoms with Crippen LogP contribution in [0.3, 0.4) is 0 Å². The Morgan fingerprint density at radius 2 is 1.68 bits per heavy atom. The van der Waals surface area contributed by atoms with Crippen molar-refractivity contribution in [2.75, 3.05) is 0 Å². The van der Waals surface area contributed by atoms with Crippen molar-refractivity contribution < 1.29 is 19.5 Å². The van der Waals surface area contributed by atoms with Gasteiger partial charge in [0.05, 0.1) is 6.42 Å². The summed E-state index contributed by atoms with van der Waals surface area (Å²) in [5.74, 6) is -2.07. The number of nitrogens with one attached hydrogen (secondary N) is 2. The first kappa shape index (κ1) is 15.3. The van der Waals surface area contributed by atoms with E-state index < -0.39 is 30.4 Å². The second kappa shape index (κ2) is 4.71. The Balaban J connectivity index is 2.56. The molecule has 0 saturated heterocycles. The van der Waals surface area contributed by atoms with Crippen LogP contribution in [0, 0.1) is 10.8 Å². The van der Waals surface area contributed by atoms with Gasteiger partial charge in [-0.1, -0.05) is 27.7 Å². The molecule has 0 radical (unpaired) electrons. The molecule has 1 fully saturated rings. The largest absolute Gasteiger partial charge is 0.480 e. The summed E-state index contributed by atoms with van der Waals surface area (Å²) >= 11 is 0. The van der Waals surface area contributed by atoms with Gasteiger partial charge in [0, 0.05) is 6.04 Å². The molecular weight excluding hydrogens is 250 g/mol. The average molecular weight is 271 g/mol. The number of carboxylic acids is 1. The van der Waals surface area contributed by atoms with E-state index in [9.17, 15) is 14.4 Å². The van der Waals surface area contributed by atoms with Crippen LogP contribution in [0.4, 0.5) is 4.79 Å². The number of urea groups is 1. The molecule has 1 rings (SSSR count). The van der Waals surface area contributed by atoms with E-state index in [-0.39, 0.29) is 16.9 Å². The zero-order valence-corrected chi connectivity index (χ0v) is 11.6. The Bertz CT molecular complexity index is 403. The highest BCUT2D eigenvalue weighted by atomic mass is 16.4. The maximum atomic E-state index is 11.7. The number of carbonyl (C=O) groups excluding carboxylic acids is 2. The number of hydrogen-bond acceptors (Lipinski definition) is 3. The van der Waals surface area contributed by atoms with Crippen LogP contribution in [0.1, 0.15) is 34.1 Å². The average Bonchev–Trinajstić information content (AvgIpc) is 2.59. The van der Waals surface area contributed by atoms with Crippen LogP contribution in [-0.4, -0.2) is 35.1 Å². The molecule has 0 aromatic carbocycles. The molecule has 0 heterocycles. The van der Waals surface area contributed by atoms with Gasteiger partial charge in [0.25, 0.3) is 0 Å². The summed E-state index contributed by atoms with van der Waals surface area (Å²) < 4.78 is 0.